The number of unbranched alkanes of at least 4 members (excludes halogenated alkanes) is 14. The standard InChI is InChI=1S/C36H65FN5O6PS/c1-5-8-10-12-14-15-17-19-21-24-50-32(22-20-18-16-13-11-9-6-2)29(4)47-48-49(43,44-23-7-3)45-26-31-30(37)25-33(46-31)42-28-41-34-35(38)39-27-40-36(34)42/h27-33H,5-26H2,1-4H3,(H2,38,39,40)/t29?,30-,31+,32?,33+,49?/m0/s1. The summed E-state index contributed by atoms with van der Waals surface area (Å²) in [5.74, 6) is 1.28. The van der Waals surface area contributed by atoms with Gasteiger partial charge in [0.25, 0.3) is 0 Å². The van der Waals surface area contributed by atoms with Crippen molar-refractivity contribution in [2.24, 2.45) is 0 Å². The number of nitrogen functional groups attached to an aromatic ring is 1. The van der Waals surface area contributed by atoms with Crippen molar-refractivity contribution in [3.05, 3.63) is 12.7 Å². The molecule has 0 aromatic carbocycles. The molecule has 3 unspecified atom stereocenters. The van der Waals surface area contributed by atoms with Crippen LogP contribution >= 0.6 is 19.6 Å². The molecule has 50 heavy (non-hydrogen) atoms. The monoisotopic (exact) mass is 745 g/mol. The summed E-state index contributed by atoms with van der Waals surface area (Å²) in [5, 5.41) is 0.177. The first-order chi connectivity index (χ1) is 24.3. The van der Waals surface area contributed by atoms with E-state index < -0.39 is 26.3 Å². The third-order valence-corrected chi connectivity index (χ3v) is 12.0. The quantitative estimate of drug-likeness (QED) is 0.0354. The number of rotatable bonds is 30. The number of imidazole rings is 1. The van der Waals surface area contributed by atoms with Gasteiger partial charge in [-0.15, -0.1) is 4.67 Å². The lowest BCUT2D eigenvalue weighted by atomic mass is 10.1. The SMILES string of the molecule is CCCCCCCCCCCSC(CCCCCCCCC)C(C)OOP(=O)(OCCC)OC[C@H]1O[C@@H](n2cnc3c(N)ncnc32)C[C@@H]1F. The molecule has 0 bridgehead atoms. The predicted octanol–water partition coefficient (Wildman–Crippen LogP) is 10.7. The van der Waals surface area contributed by atoms with Gasteiger partial charge in [0.15, 0.2) is 11.5 Å². The molecule has 11 nitrogen and oxygen atoms in total. The summed E-state index contributed by atoms with van der Waals surface area (Å²) >= 11 is 1.91. The van der Waals surface area contributed by atoms with Gasteiger partial charge in [0.2, 0.25) is 0 Å². The lowest BCUT2D eigenvalue weighted by Crippen LogP contribution is -2.26. The van der Waals surface area contributed by atoms with Crippen LogP contribution in [-0.4, -0.2) is 62.1 Å². The molecule has 1 saturated heterocycles. The number of hydrogen-bond acceptors (Lipinski definition) is 11. The maximum atomic E-state index is 15.2. The van der Waals surface area contributed by atoms with Crippen LogP contribution in [0.15, 0.2) is 12.7 Å². The molecular weight excluding hydrogens is 680 g/mol. The Bertz CT molecular complexity index is 1230. The van der Waals surface area contributed by atoms with Crippen molar-refractivity contribution in [2.45, 2.75) is 180 Å². The highest BCUT2D eigenvalue weighted by Gasteiger charge is 2.40. The minimum Gasteiger partial charge on any atom is -0.382 e. The largest absolute Gasteiger partial charge is 0.502 e. The molecular formula is C36H65FN5O6PS. The molecule has 288 valence electrons. The number of phosphoric acid groups is 1. The first-order valence-electron chi connectivity index (χ1n) is 19.4. The van der Waals surface area contributed by atoms with Gasteiger partial charge >= 0.3 is 7.82 Å². The molecule has 0 aliphatic carbocycles. The Morgan fingerprint density at radius 1 is 0.920 bits per heavy atom. The molecule has 1 aliphatic heterocycles. The third kappa shape index (κ3) is 15.3. The number of nitrogens with two attached hydrogens (primary N) is 1. The van der Waals surface area contributed by atoms with Crippen molar-refractivity contribution in [3.8, 4) is 0 Å². The molecule has 2 aromatic heterocycles. The summed E-state index contributed by atoms with van der Waals surface area (Å²) in [7, 11) is -4.17. The molecule has 3 rings (SSSR count). The number of ether oxygens (including phenoxy) is 1. The first-order valence-corrected chi connectivity index (χ1v) is 21.9. The lowest BCUT2D eigenvalue weighted by Gasteiger charge is -2.25. The van der Waals surface area contributed by atoms with E-state index in [4.69, 9.17) is 29.1 Å². The van der Waals surface area contributed by atoms with Crippen LogP contribution in [0.1, 0.15) is 156 Å². The van der Waals surface area contributed by atoms with E-state index in [9.17, 15) is 4.57 Å². The van der Waals surface area contributed by atoms with Gasteiger partial charge < -0.3 is 10.5 Å². The van der Waals surface area contributed by atoms with Crippen LogP contribution in [0.5, 0.6) is 0 Å². The Balaban J connectivity index is 1.50. The second-order valence-corrected chi connectivity index (χ2v) is 16.5. The highest BCUT2D eigenvalue weighted by molar-refractivity contribution is 7.99. The summed E-state index contributed by atoms with van der Waals surface area (Å²) in [6.45, 7) is 8.14. The van der Waals surface area contributed by atoms with Crippen molar-refractivity contribution >= 4 is 36.6 Å². The minimum absolute atomic E-state index is 0.0361. The van der Waals surface area contributed by atoms with E-state index in [0.717, 1.165) is 18.6 Å². The number of phosphoric ester groups is 1. The van der Waals surface area contributed by atoms with Gasteiger partial charge in [-0.3, -0.25) is 13.6 Å². The molecule has 0 radical (unpaired) electrons. The third-order valence-electron chi connectivity index (χ3n) is 9.19. The van der Waals surface area contributed by atoms with Crippen molar-refractivity contribution in [1.29, 1.82) is 0 Å². The number of fused-ring (bicyclic) bond motifs is 1. The number of anilines is 1. The van der Waals surface area contributed by atoms with Crippen LogP contribution in [0.4, 0.5) is 10.2 Å². The van der Waals surface area contributed by atoms with Crippen LogP contribution in [0.3, 0.4) is 0 Å². The van der Waals surface area contributed by atoms with Crippen molar-refractivity contribution in [1.82, 2.24) is 19.5 Å². The Kier molecular flexibility index (Phi) is 21.4. The van der Waals surface area contributed by atoms with E-state index in [1.807, 2.05) is 25.6 Å². The van der Waals surface area contributed by atoms with E-state index in [0.29, 0.717) is 17.6 Å². The Morgan fingerprint density at radius 3 is 2.22 bits per heavy atom. The fraction of sp³-hybridized carbons (Fsp3) is 0.861. The van der Waals surface area contributed by atoms with Crippen molar-refractivity contribution in [2.75, 3.05) is 24.7 Å². The molecule has 2 aromatic rings. The second-order valence-electron chi connectivity index (χ2n) is 13.6. The summed E-state index contributed by atoms with van der Waals surface area (Å²) in [6.07, 6.45) is 21.4. The summed E-state index contributed by atoms with van der Waals surface area (Å²) in [4.78, 5) is 18.2. The van der Waals surface area contributed by atoms with Crippen LogP contribution in [0, 0.1) is 0 Å². The second kappa shape index (κ2) is 24.8. The van der Waals surface area contributed by atoms with Crippen LogP contribution in [0.2, 0.25) is 0 Å². The summed E-state index contributed by atoms with van der Waals surface area (Å²) < 4.78 is 53.1. The van der Waals surface area contributed by atoms with Crippen LogP contribution in [-0.2, 0) is 27.9 Å². The van der Waals surface area contributed by atoms with Gasteiger partial charge in [0.1, 0.15) is 36.5 Å². The summed E-state index contributed by atoms with van der Waals surface area (Å²) in [5.41, 5.74) is 6.77. The summed E-state index contributed by atoms with van der Waals surface area (Å²) in [6, 6.07) is 0. The topological polar surface area (TPSA) is 133 Å². The molecule has 0 spiro atoms. The highest BCUT2D eigenvalue weighted by atomic mass is 32.2. The maximum absolute atomic E-state index is 15.2. The first kappa shape index (κ1) is 43.1. The lowest BCUT2D eigenvalue weighted by molar-refractivity contribution is -0.257. The molecule has 1 aliphatic rings. The van der Waals surface area contributed by atoms with Crippen LogP contribution < -0.4 is 5.73 Å². The van der Waals surface area contributed by atoms with Gasteiger partial charge in [-0.25, -0.2) is 28.8 Å². The fourth-order valence-corrected chi connectivity index (χ4v) is 8.59. The van der Waals surface area contributed by atoms with Gasteiger partial charge in [-0.05, 0) is 31.9 Å². The fourth-order valence-electron chi connectivity index (χ4n) is 6.12. The van der Waals surface area contributed by atoms with E-state index >= 15 is 4.39 Å². The number of alkyl halides is 1. The van der Waals surface area contributed by atoms with Gasteiger partial charge in [0, 0.05) is 11.7 Å². The number of hydrogen-bond donors (Lipinski definition) is 1. The average Bonchev–Trinajstić information content (AvgIpc) is 3.72. The van der Waals surface area contributed by atoms with Crippen LogP contribution in [0.25, 0.3) is 11.2 Å². The van der Waals surface area contributed by atoms with E-state index in [-0.39, 0.29) is 36.8 Å². The number of halogens is 1. The molecule has 2 N–H and O–H groups in total. The van der Waals surface area contributed by atoms with E-state index in [2.05, 4.69) is 28.8 Å². The molecule has 1 fully saturated rings. The van der Waals surface area contributed by atoms with E-state index in [1.54, 1.807) is 4.57 Å². The Morgan fingerprint density at radius 2 is 1.56 bits per heavy atom. The predicted molar refractivity (Wildman–Crippen MR) is 201 cm³/mol. The zero-order valence-corrected chi connectivity index (χ0v) is 32.9. The molecule has 0 saturated carbocycles. The number of nitrogens with zero attached hydrogens (tertiary/aromatic N) is 4. The zero-order valence-electron chi connectivity index (χ0n) is 31.1. The molecule has 0 amide bonds. The highest BCUT2D eigenvalue weighted by Crippen LogP contribution is 2.51. The Hall–Kier alpha value is -1.34. The van der Waals surface area contributed by atoms with Gasteiger partial charge in [-0.1, -0.05) is 117 Å². The molecule has 3 heterocycles. The normalized spacial score (nSPS) is 20.4. The van der Waals surface area contributed by atoms with Gasteiger partial charge in [-0.2, -0.15) is 11.8 Å². The van der Waals surface area contributed by atoms with E-state index in [1.165, 1.54) is 109 Å². The average molecular weight is 746 g/mol. The zero-order chi connectivity index (χ0) is 36.0. The number of aromatic nitrogens is 4. The maximum Gasteiger partial charge on any atom is 0.502 e. The number of thioether (sulfide) groups is 1. The van der Waals surface area contributed by atoms with Crippen molar-refractivity contribution in [3.63, 3.8) is 0 Å². The molecule has 14 heteroatoms. The Labute approximate surface area is 304 Å². The minimum atomic E-state index is -4.17. The molecule has 6 atom stereocenters. The van der Waals surface area contributed by atoms with Gasteiger partial charge in [0.05, 0.1) is 19.5 Å². The van der Waals surface area contributed by atoms with Crippen molar-refractivity contribution < 1.29 is 32.3 Å². The smallest absolute Gasteiger partial charge is 0.382 e.